The second-order valence-electron chi connectivity index (χ2n) is 6.19. The zero-order valence-corrected chi connectivity index (χ0v) is 16.9. The third kappa shape index (κ3) is 5.88. The Balaban J connectivity index is 0.00000288. The molecule has 2 rings (SSSR count). The molecular weight excluding hydrogens is 420 g/mol. The maximum atomic E-state index is 13.2. The van der Waals surface area contributed by atoms with Crippen molar-refractivity contribution in [2.45, 2.75) is 37.5 Å². The number of halogens is 2. The number of aliphatic imine (C=N–C) groups is 1. The van der Waals surface area contributed by atoms with Gasteiger partial charge in [0.2, 0.25) is 0 Å². The first-order valence-corrected chi connectivity index (χ1v) is 8.40. The Morgan fingerprint density at radius 3 is 2.46 bits per heavy atom. The van der Waals surface area contributed by atoms with Crippen molar-refractivity contribution >= 4 is 29.9 Å². The summed E-state index contributed by atoms with van der Waals surface area (Å²) >= 11 is 0. The van der Waals surface area contributed by atoms with Gasteiger partial charge in [-0.2, -0.15) is 0 Å². The van der Waals surface area contributed by atoms with Crippen LogP contribution in [0.5, 0.6) is 0 Å². The molecule has 0 aliphatic heterocycles. The Labute approximate surface area is 161 Å². The molecule has 24 heavy (non-hydrogen) atoms. The second kappa shape index (κ2) is 10.9. The quantitative estimate of drug-likeness (QED) is 0.290. The van der Waals surface area contributed by atoms with Gasteiger partial charge in [-0.15, -0.1) is 24.0 Å². The molecule has 2 N–H and O–H groups in total. The molecule has 0 bridgehead atoms. The molecule has 136 valence electrons. The Hall–Kier alpha value is -0.890. The summed E-state index contributed by atoms with van der Waals surface area (Å²) in [5.41, 5.74) is 1.30. The van der Waals surface area contributed by atoms with Crippen LogP contribution in [-0.2, 0) is 10.2 Å². The van der Waals surface area contributed by atoms with Gasteiger partial charge < -0.3 is 15.4 Å². The number of hydrogen-bond donors (Lipinski definition) is 2. The SMILES string of the molecule is CN=C(NCCCOC)NCC1(c2ccc(F)cc2)CCCC1.I. The normalized spacial score (nSPS) is 16.5. The van der Waals surface area contributed by atoms with Gasteiger partial charge in [-0.05, 0) is 37.0 Å². The lowest BCUT2D eigenvalue weighted by Gasteiger charge is -2.31. The van der Waals surface area contributed by atoms with E-state index < -0.39 is 0 Å². The molecule has 0 atom stereocenters. The largest absolute Gasteiger partial charge is 0.385 e. The molecule has 1 aliphatic carbocycles. The van der Waals surface area contributed by atoms with E-state index in [0.717, 1.165) is 44.9 Å². The molecule has 4 nitrogen and oxygen atoms in total. The molecule has 1 fully saturated rings. The fraction of sp³-hybridized carbons (Fsp3) is 0.611. The van der Waals surface area contributed by atoms with Crippen LogP contribution in [-0.4, -0.2) is 39.8 Å². The highest BCUT2D eigenvalue weighted by atomic mass is 127. The van der Waals surface area contributed by atoms with Crippen molar-refractivity contribution in [3.05, 3.63) is 35.6 Å². The molecule has 0 aromatic heterocycles. The number of guanidine groups is 1. The van der Waals surface area contributed by atoms with E-state index >= 15 is 0 Å². The van der Waals surface area contributed by atoms with Crippen LogP contribution in [0.1, 0.15) is 37.7 Å². The summed E-state index contributed by atoms with van der Waals surface area (Å²) < 4.78 is 18.3. The van der Waals surface area contributed by atoms with Crippen LogP contribution in [0.25, 0.3) is 0 Å². The molecule has 1 saturated carbocycles. The highest BCUT2D eigenvalue weighted by molar-refractivity contribution is 14.0. The lowest BCUT2D eigenvalue weighted by molar-refractivity contribution is 0.195. The lowest BCUT2D eigenvalue weighted by atomic mass is 9.79. The molecule has 1 aromatic carbocycles. The predicted octanol–water partition coefficient (Wildman–Crippen LogP) is 3.46. The van der Waals surface area contributed by atoms with E-state index in [0.29, 0.717) is 0 Å². The van der Waals surface area contributed by atoms with Gasteiger partial charge in [-0.25, -0.2) is 4.39 Å². The summed E-state index contributed by atoms with van der Waals surface area (Å²) in [7, 11) is 3.49. The summed E-state index contributed by atoms with van der Waals surface area (Å²) in [4.78, 5) is 4.28. The average molecular weight is 449 g/mol. The first-order chi connectivity index (χ1) is 11.2. The summed E-state index contributed by atoms with van der Waals surface area (Å²) in [5.74, 6) is 0.639. The second-order valence-corrected chi connectivity index (χ2v) is 6.19. The van der Waals surface area contributed by atoms with E-state index in [-0.39, 0.29) is 35.2 Å². The van der Waals surface area contributed by atoms with Crippen LogP contribution in [0.2, 0.25) is 0 Å². The molecule has 0 heterocycles. The molecule has 0 radical (unpaired) electrons. The van der Waals surface area contributed by atoms with Crippen LogP contribution < -0.4 is 10.6 Å². The van der Waals surface area contributed by atoms with Crippen LogP contribution in [0.3, 0.4) is 0 Å². The van der Waals surface area contributed by atoms with Crippen molar-refractivity contribution in [1.29, 1.82) is 0 Å². The van der Waals surface area contributed by atoms with Gasteiger partial charge in [0.15, 0.2) is 5.96 Å². The number of benzene rings is 1. The minimum Gasteiger partial charge on any atom is -0.385 e. The van der Waals surface area contributed by atoms with Gasteiger partial charge in [-0.1, -0.05) is 25.0 Å². The molecule has 0 unspecified atom stereocenters. The van der Waals surface area contributed by atoms with Crippen molar-refractivity contribution in [2.24, 2.45) is 4.99 Å². The molecule has 0 spiro atoms. The van der Waals surface area contributed by atoms with E-state index in [1.165, 1.54) is 18.4 Å². The fourth-order valence-corrected chi connectivity index (χ4v) is 3.32. The minimum absolute atomic E-state index is 0. The number of rotatable bonds is 7. The van der Waals surface area contributed by atoms with E-state index in [1.54, 1.807) is 26.3 Å². The molecule has 6 heteroatoms. The van der Waals surface area contributed by atoms with Crippen LogP contribution in [0.4, 0.5) is 4.39 Å². The first kappa shape index (κ1) is 21.2. The lowest BCUT2D eigenvalue weighted by Crippen LogP contribution is -2.45. The Kier molecular flexibility index (Phi) is 9.58. The molecule has 1 aromatic rings. The number of hydrogen-bond acceptors (Lipinski definition) is 2. The smallest absolute Gasteiger partial charge is 0.191 e. The average Bonchev–Trinajstić information content (AvgIpc) is 3.05. The zero-order chi connectivity index (χ0) is 16.5. The van der Waals surface area contributed by atoms with Gasteiger partial charge >= 0.3 is 0 Å². The van der Waals surface area contributed by atoms with E-state index in [4.69, 9.17) is 4.74 Å². The van der Waals surface area contributed by atoms with Gasteiger partial charge in [0.05, 0.1) is 0 Å². The molecule has 0 amide bonds. The van der Waals surface area contributed by atoms with Gasteiger partial charge in [0.25, 0.3) is 0 Å². The highest BCUT2D eigenvalue weighted by Crippen LogP contribution is 2.40. The van der Waals surface area contributed by atoms with E-state index in [1.807, 2.05) is 12.1 Å². The fourth-order valence-electron chi connectivity index (χ4n) is 3.32. The molecule has 1 aliphatic rings. The highest BCUT2D eigenvalue weighted by Gasteiger charge is 2.35. The predicted molar refractivity (Wildman–Crippen MR) is 108 cm³/mol. The summed E-state index contributed by atoms with van der Waals surface area (Å²) in [5, 5.41) is 6.75. The molecular formula is C18H29FIN3O. The van der Waals surface area contributed by atoms with Crippen LogP contribution >= 0.6 is 24.0 Å². The number of nitrogens with zero attached hydrogens (tertiary/aromatic N) is 1. The Morgan fingerprint density at radius 2 is 1.88 bits per heavy atom. The number of nitrogens with one attached hydrogen (secondary N) is 2. The van der Waals surface area contributed by atoms with Crippen molar-refractivity contribution in [3.63, 3.8) is 0 Å². The number of ether oxygens (including phenoxy) is 1. The minimum atomic E-state index is -0.175. The van der Waals surface area contributed by atoms with E-state index in [2.05, 4.69) is 15.6 Å². The van der Waals surface area contributed by atoms with Gasteiger partial charge in [0.1, 0.15) is 5.82 Å². The van der Waals surface area contributed by atoms with Crippen molar-refractivity contribution in [2.75, 3.05) is 33.9 Å². The van der Waals surface area contributed by atoms with Gasteiger partial charge in [0, 0.05) is 39.3 Å². The summed E-state index contributed by atoms with van der Waals surface area (Å²) in [6.45, 7) is 2.39. The van der Waals surface area contributed by atoms with Crippen LogP contribution in [0.15, 0.2) is 29.3 Å². The van der Waals surface area contributed by atoms with Gasteiger partial charge in [-0.3, -0.25) is 4.99 Å². The standard InChI is InChI=1S/C18H28FN3O.HI/c1-20-17(21-12-5-13-23-2)22-14-18(10-3-4-11-18)15-6-8-16(19)9-7-15;/h6-9H,3-5,10-14H2,1-2H3,(H2,20,21,22);1H. The third-order valence-corrected chi connectivity index (χ3v) is 4.65. The molecule has 0 saturated heterocycles. The summed E-state index contributed by atoms with van der Waals surface area (Å²) in [6, 6.07) is 6.98. The third-order valence-electron chi connectivity index (χ3n) is 4.65. The zero-order valence-electron chi connectivity index (χ0n) is 14.6. The maximum Gasteiger partial charge on any atom is 0.191 e. The Morgan fingerprint density at radius 1 is 1.21 bits per heavy atom. The van der Waals surface area contributed by atoms with Crippen LogP contribution in [0, 0.1) is 5.82 Å². The maximum absolute atomic E-state index is 13.2. The van der Waals surface area contributed by atoms with Crippen molar-refractivity contribution < 1.29 is 9.13 Å². The van der Waals surface area contributed by atoms with Crippen molar-refractivity contribution in [3.8, 4) is 0 Å². The van der Waals surface area contributed by atoms with Crippen molar-refractivity contribution in [1.82, 2.24) is 10.6 Å². The summed E-state index contributed by atoms with van der Waals surface area (Å²) in [6.07, 6.45) is 5.65. The van der Waals surface area contributed by atoms with E-state index in [9.17, 15) is 4.39 Å². The Bertz CT molecular complexity index is 501. The number of methoxy groups -OCH3 is 1. The first-order valence-electron chi connectivity index (χ1n) is 8.40. The monoisotopic (exact) mass is 449 g/mol. The topological polar surface area (TPSA) is 45.7 Å².